The Balaban J connectivity index is 2.32. The molecule has 0 aliphatic carbocycles. The van der Waals surface area contributed by atoms with E-state index >= 15 is 0 Å². The molecule has 0 aromatic heterocycles. The molecule has 106 valence electrons. The minimum atomic E-state index is -0.659. The molecular formula is C14H14ClF2N3. The summed E-state index contributed by atoms with van der Waals surface area (Å²) in [6.45, 7) is 0.363. The summed E-state index contributed by atoms with van der Waals surface area (Å²) in [6, 6.07) is 7.36. The van der Waals surface area contributed by atoms with Gasteiger partial charge >= 0.3 is 0 Å². The Morgan fingerprint density at radius 2 is 1.70 bits per heavy atom. The summed E-state index contributed by atoms with van der Waals surface area (Å²) in [6.07, 6.45) is 0. The average molecular weight is 298 g/mol. The van der Waals surface area contributed by atoms with Crippen molar-refractivity contribution in [1.82, 2.24) is 0 Å². The van der Waals surface area contributed by atoms with Gasteiger partial charge in [0, 0.05) is 13.6 Å². The highest BCUT2D eigenvalue weighted by Gasteiger charge is 2.17. The predicted octanol–water partition coefficient (Wildman–Crippen LogP) is 3.42. The van der Waals surface area contributed by atoms with E-state index < -0.39 is 5.82 Å². The molecule has 0 aliphatic rings. The molecule has 0 heterocycles. The van der Waals surface area contributed by atoms with E-state index in [9.17, 15) is 8.78 Å². The lowest BCUT2D eigenvalue weighted by Crippen LogP contribution is -2.19. The number of rotatable bonds is 3. The highest BCUT2D eigenvalue weighted by atomic mass is 35.5. The smallest absolute Gasteiger partial charge is 0.169 e. The van der Waals surface area contributed by atoms with Gasteiger partial charge in [0.15, 0.2) is 5.82 Å². The van der Waals surface area contributed by atoms with Gasteiger partial charge in [-0.3, -0.25) is 0 Å². The van der Waals surface area contributed by atoms with Crippen molar-refractivity contribution in [1.29, 1.82) is 0 Å². The fraction of sp³-hybridized carbons (Fsp3) is 0.143. The third-order valence-electron chi connectivity index (χ3n) is 2.95. The van der Waals surface area contributed by atoms with E-state index in [2.05, 4.69) is 0 Å². The van der Waals surface area contributed by atoms with Crippen LogP contribution in [0.5, 0.6) is 0 Å². The molecule has 0 spiro atoms. The second kappa shape index (κ2) is 5.54. The van der Waals surface area contributed by atoms with E-state index in [1.807, 2.05) is 0 Å². The van der Waals surface area contributed by atoms with Crippen LogP contribution in [0.15, 0.2) is 30.3 Å². The molecular weight excluding hydrogens is 284 g/mol. The summed E-state index contributed by atoms with van der Waals surface area (Å²) in [5, 5.41) is -0.153. The number of nitrogens with two attached hydrogens (primary N) is 2. The first kappa shape index (κ1) is 14.4. The Bertz CT molecular complexity index is 629. The zero-order valence-electron chi connectivity index (χ0n) is 10.8. The fourth-order valence-corrected chi connectivity index (χ4v) is 2.13. The lowest BCUT2D eigenvalue weighted by Gasteiger charge is -2.23. The molecule has 0 atom stereocenters. The molecule has 0 unspecified atom stereocenters. The van der Waals surface area contributed by atoms with E-state index in [0.29, 0.717) is 6.54 Å². The first-order chi connectivity index (χ1) is 9.40. The summed E-state index contributed by atoms with van der Waals surface area (Å²) in [5.74, 6) is -0.980. The van der Waals surface area contributed by atoms with Crippen LogP contribution in [0.25, 0.3) is 0 Å². The molecule has 0 aliphatic heterocycles. The summed E-state index contributed by atoms with van der Waals surface area (Å²) < 4.78 is 27.0. The molecule has 0 saturated heterocycles. The lowest BCUT2D eigenvalue weighted by atomic mass is 10.1. The average Bonchev–Trinajstić information content (AvgIpc) is 2.39. The van der Waals surface area contributed by atoms with Gasteiger partial charge in [0.2, 0.25) is 0 Å². The number of hydrogen-bond donors (Lipinski definition) is 2. The van der Waals surface area contributed by atoms with Gasteiger partial charge in [-0.15, -0.1) is 0 Å². The molecule has 0 bridgehead atoms. The highest BCUT2D eigenvalue weighted by Crippen LogP contribution is 2.36. The molecule has 2 rings (SSSR count). The van der Waals surface area contributed by atoms with Crippen molar-refractivity contribution >= 4 is 28.7 Å². The number of nitrogens with zero attached hydrogens (tertiary/aromatic N) is 1. The van der Waals surface area contributed by atoms with Crippen LogP contribution >= 0.6 is 11.6 Å². The Hall–Kier alpha value is -2.01. The van der Waals surface area contributed by atoms with E-state index in [-0.39, 0.29) is 27.9 Å². The molecule has 3 nitrogen and oxygen atoms in total. The maximum absolute atomic E-state index is 14.1. The zero-order valence-corrected chi connectivity index (χ0v) is 11.6. The Labute approximate surface area is 120 Å². The topological polar surface area (TPSA) is 55.3 Å². The third-order valence-corrected chi connectivity index (χ3v) is 3.34. The van der Waals surface area contributed by atoms with Crippen LogP contribution in [-0.2, 0) is 6.54 Å². The van der Waals surface area contributed by atoms with Gasteiger partial charge in [0.05, 0.1) is 17.1 Å². The van der Waals surface area contributed by atoms with Crippen LogP contribution < -0.4 is 16.4 Å². The SMILES string of the molecule is CN(Cc1ccc(F)cc1)c1c(N)cc(N)c(Cl)c1F. The van der Waals surface area contributed by atoms with Gasteiger partial charge < -0.3 is 16.4 Å². The molecule has 0 radical (unpaired) electrons. The number of hydrogen-bond acceptors (Lipinski definition) is 3. The molecule has 0 saturated carbocycles. The monoisotopic (exact) mass is 297 g/mol. The molecule has 2 aromatic carbocycles. The maximum atomic E-state index is 14.1. The van der Waals surface area contributed by atoms with E-state index in [1.165, 1.54) is 18.2 Å². The van der Waals surface area contributed by atoms with Gasteiger partial charge in [0.1, 0.15) is 10.8 Å². The zero-order chi connectivity index (χ0) is 14.9. The largest absolute Gasteiger partial charge is 0.397 e. The Kier molecular flexibility index (Phi) is 3.99. The second-order valence-electron chi connectivity index (χ2n) is 4.51. The van der Waals surface area contributed by atoms with Crippen molar-refractivity contribution in [2.24, 2.45) is 0 Å². The van der Waals surface area contributed by atoms with Crippen LogP contribution in [0.1, 0.15) is 5.56 Å². The first-order valence-corrected chi connectivity index (χ1v) is 6.26. The second-order valence-corrected chi connectivity index (χ2v) is 4.89. The van der Waals surface area contributed by atoms with Gasteiger partial charge in [-0.1, -0.05) is 23.7 Å². The summed E-state index contributed by atoms with van der Waals surface area (Å²) in [5.41, 5.74) is 12.6. The highest BCUT2D eigenvalue weighted by molar-refractivity contribution is 6.33. The number of halogens is 3. The van der Waals surface area contributed by atoms with Gasteiger partial charge in [-0.2, -0.15) is 0 Å². The van der Waals surface area contributed by atoms with Crippen LogP contribution in [0.4, 0.5) is 25.8 Å². The summed E-state index contributed by atoms with van der Waals surface area (Å²) >= 11 is 5.79. The minimum absolute atomic E-state index is 0.0978. The van der Waals surface area contributed by atoms with Gasteiger partial charge in [0.25, 0.3) is 0 Å². The first-order valence-electron chi connectivity index (χ1n) is 5.88. The summed E-state index contributed by atoms with van der Waals surface area (Å²) in [7, 11) is 1.67. The van der Waals surface area contributed by atoms with Gasteiger partial charge in [-0.05, 0) is 23.8 Å². The number of nitrogen functional groups attached to an aromatic ring is 2. The predicted molar refractivity (Wildman–Crippen MR) is 78.7 cm³/mol. The van der Waals surface area contributed by atoms with Crippen LogP contribution in [0, 0.1) is 11.6 Å². The Morgan fingerprint density at radius 1 is 1.10 bits per heavy atom. The van der Waals surface area contributed by atoms with Crippen LogP contribution in [-0.4, -0.2) is 7.05 Å². The van der Waals surface area contributed by atoms with Crippen molar-refractivity contribution in [3.63, 3.8) is 0 Å². The maximum Gasteiger partial charge on any atom is 0.169 e. The summed E-state index contributed by atoms with van der Waals surface area (Å²) in [4.78, 5) is 1.60. The Morgan fingerprint density at radius 3 is 2.30 bits per heavy atom. The van der Waals surface area contributed by atoms with E-state index in [1.54, 1.807) is 24.1 Å². The molecule has 0 fully saturated rings. The number of anilines is 3. The van der Waals surface area contributed by atoms with Crippen molar-refractivity contribution in [2.75, 3.05) is 23.4 Å². The fourth-order valence-electron chi connectivity index (χ4n) is 1.99. The van der Waals surface area contributed by atoms with Gasteiger partial charge in [-0.25, -0.2) is 8.78 Å². The molecule has 20 heavy (non-hydrogen) atoms. The van der Waals surface area contributed by atoms with Crippen molar-refractivity contribution in [3.05, 3.63) is 52.6 Å². The third kappa shape index (κ3) is 2.77. The number of benzene rings is 2. The van der Waals surface area contributed by atoms with Crippen LogP contribution in [0.2, 0.25) is 5.02 Å². The van der Waals surface area contributed by atoms with Crippen LogP contribution in [0.3, 0.4) is 0 Å². The normalized spacial score (nSPS) is 10.6. The van der Waals surface area contributed by atoms with E-state index in [4.69, 9.17) is 23.1 Å². The molecule has 6 heteroatoms. The van der Waals surface area contributed by atoms with Crippen molar-refractivity contribution in [3.8, 4) is 0 Å². The molecule has 2 aromatic rings. The van der Waals surface area contributed by atoms with E-state index in [0.717, 1.165) is 5.56 Å². The molecule has 4 N–H and O–H groups in total. The lowest BCUT2D eigenvalue weighted by molar-refractivity contribution is 0.622. The molecule has 0 amide bonds. The quantitative estimate of drug-likeness (QED) is 0.854. The van der Waals surface area contributed by atoms with Crippen molar-refractivity contribution in [2.45, 2.75) is 6.54 Å². The van der Waals surface area contributed by atoms with Crippen molar-refractivity contribution < 1.29 is 8.78 Å². The standard InChI is InChI=1S/C14H14ClF2N3/c1-20(7-8-2-4-9(16)5-3-8)14-11(19)6-10(18)12(15)13(14)17/h2-6H,7,18-19H2,1H3. The minimum Gasteiger partial charge on any atom is -0.397 e.